The molecule has 2 aliphatic rings. The Balaban J connectivity index is 0.906. The normalized spacial score (nSPS) is 16.3. The van der Waals surface area contributed by atoms with Crippen LogP contribution in [0.2, 0.25) is 0 Å². The minimum Gasteiger partial charge on any atom is -0.491 e. The highest BCUT2D eigenvalue weighted by atomic mass is 32.2. The Morgan fingerprint density at radius 1 is 0.404 bits per heavy atom. The molecule has 288 valence electrons. The van der Waals surface area contributed by atoms with E-state index in [-0.39, 0.29) is 10.8 Å². The predicted molar refractivity (Wildman–Crippen MR) is 220 cm³/mol. The van der Waals surface area contributed by atoms with Gasteiger partial charge in [-0.3, -0.25) is 0 Å². The van der Waals surface area contributed by atoms with Gasteiger partial charge < -0.3 is 37.9 Å². The molecule has 0 unspecified atom stereocenters. The highest BCUT2D eigenvalue weighted by molar-refractivity contribution is 8.33. The van der Waals surface area contributed by atoms with E-state index in [1.807, 2.05) is 24.3 Å². The SMILES string of the molecule is CC(C)(C)c1ccc(OCCOCCOCCOCC2=CS/C(=C3/SC=C(COCCOCCOCCOc4ccc(C(C)(C)C)cc4)S3)S2)cc1. The third-order valence-electron chi connectivity index (χ3n) is 7.62. The molecule has 2 aliphatic heterocycles. The van der Waals surface area contributed by atoms with E-state index in [1.54, 1.807) is 47.0 Å². The van der Waals surface area contributed by atoms with Crippen LogP contribution in [0, 0.1) is 0 Å². The molecule has 0 amide bonds. The topological polar surface area (TPSA) is 73.8 Å². The van der Waals surface area contributed by atoms with Gasteiger partial charge in [-0.15, -0.1) is 0 Å². The van der Waals surface area contributed by atoms with Crippen molar-refractivity contribution in [3.63, 3.8) is 0 Å². The van der Waals surface area contributed by atoms with E-state index < -0.39 is 0 Å². The van der Waals surface area contributed by atoms with Crippen LogP contribution in [0.1, 0.15) is 52.7 Å². The van der Waals surface area contributed by atoms with Gasteiger partial charge in [-0.05, 0) is 57.0 Å². The maximum absolute atomic E-state index is 5.84. The number of hydrogen-bond acceptors (Lipinski definition) is 12. The summed E-state index contributed by atoms with van der Waals surface area (Å²) >= 11 is 7.09. The molecule has 12 heteroatoms. The van der Waals surface area contributed by atoms with Crippen molar-refractivity contribution >= 4 is 47.0 Å². The minimum absolute atomic E-state index is 0.140. The van der Waals surface area contributed by atoms with Gasteiger partial charge in [0.15, 0.2) is 0 Å². The second-order valence-corrected chi connectivity index (χ2v) is 18.5. The predicted octanol–water partition coefficient (Wildman–Crippen LogP) is 9.61. The first-order chi connectivity index (χ1) is 25.1. The summed E-state index contributed by atoms with van der Waals surface area (Å²) in [7, 11) is 0. The van der Waals surface area contributed by atoms with Crippen molar-refractivity contribution in [2.45, 2.75) is 52.4 Å². The van der Waals surface area contributed by atoms with Gasteiger partial charge >= 0.3 is 0 Å². The number of benzene rings is 2. The summed E-state index contributed by atoms with van der Waals surface area (Å²) in [4.78, 5) is 2.43. The van der Waals surface area contributed by atoms with E-state index in [4.69, 9.17) is 37.9 Å². The van der Waals surface area contributed by atoms with Crippen LogP contribution in [-0.2, 0) is 39.3 Å². The molecule has 4 rings (SSSR count). The maximum Gasteiger partial charge on any atom is 0.119 e. The third-order valence-corrected chi connectivity index (χ3v) is 12.9. The van der Waals surface area contributed by atoms with Crippen LogP contribution >= 0.6 is 47.0 Å². The lowest BCUT2D eigenvalue weighted by Gasteiger charge is -2.19. The number of ether oxygens (including phenoxy) is 8. The highest BCUT2D eigenvalue weighted by Gasteiger charge is 2.22. The van der Waals surface area contributed by atoms with Crippen LogP contribution in [0.15, 0.2) is 77.6 Å². The van der Waals surface area contributed by atoms with Crippen molar-refractivity contribution in [2.75, 3.05) is 92.5 Å². The summed E-state index contributed by atoms with van der Waals surface area (Å²) in [5, 5.41) is 4.36. The fraction of sp³-hybridized carbons (Fsp3) is 0.550. The zero-order chi connectivity index (χ0) is 37.1. The lowest BCUT2D eigenvalue weighted by atomic mass is 9.87. The molecule has 0 spiro atoms. The monoisotopic (exact) mass is 792 g/mol. The van der Waals surface area contributed by atoms with Gasteiger partial charge in [0.2, 0.25) is 0 Å². The summed E-state index contributed by atoms with van der Waals surface area (Å²) in [6.45, 7) is 20.8. The Morgan fingerprint density at radius 2 is 0.712 bits per heavy atom. The molecule has 2 heterocycles. The maximum atomic E-state index is 5.84. The Bertz CT molecular complexity index is 1310. The molecule has 2 aromatic carbocycles. The first kappa shape index (κ1) is 43.2. The Labute approximate surface area is 328 Å². The van der Waals surface area contributed by atoms with Gasteiger partial charge in [0.25, 0.3) is 0 Å². The first-order valence-corrected chi connectivity index (χ1v) is 21.2. The summed E-state index contributed by atoms with van der Waals surface area (Å²) < 4.78 is 48.3. The van der Waals surface area contributed by atoms with E-state index in [0.29, 0.717) is 92.5 Å². The zero-order valence-corrected chi connectivity index (χ0v) is 34.8. The summed E-state index contributed by atoms with van der Waals surface area (Å²) in [5.41, 5.74) is 2.87. The molecule has 0 atom stereocenters. The van der Waals surface area contributed by atoms with Crippen LogP contribution in [0.3, 0.4) is 0 Å². The molecular weight excluding hydrogens is 737 g/mol. The van der Waals surface area contributed by atoms with Crippen molar-refractivity contribution in [3.8, 4) is 11.5 Å². The van der Waals surface area contributed by atoms with E-state index in [9.17, 15) is 0 Å². The van der Waals surface area contributed by atoms with Gasteiger partial charge in [0.1, 0.15) is 24.7 Å². The molecule has 0 saturated carbocycles. The second kappa shape index (κ2) is 23.4. The van der Waals surface area contributed by atoms with Crippen LogP contribution in [0.5, 0.6) is 11.5 Å². The van der Waals surface area contributed by atoms with E-state index in [2.05, 4.69) is 76.6 Å². The Hall–Kier alpha value is -1.58. The molecule has 0 aliphatic carbocycles. The van der Waals surface area contributed by atoms with Crippen molar-refractivity contribution in [3.05, 3.63) is 88.8 Å². The molecule has 0 fully saturated rings. The molecule has 52 heavy (non-hydrogen) atoms. The third kappa shape index (κ3) is 16.8. The van der Waals surface area contributed by atoms with Crippen molar-refractivity contribution in [1.29, 1.82) is 0 Å². The molecule has 0 N–H and O–H groups in total. The number of hydrogen-bond donors (Lipinski definition) is 0. The zero-order valence-electron chi connectivity index (χ0n) is 31.6. The van der Waals surface area contributed by atoms with E-state index in [1.165, 1.54) is 29.4 Å². The van der Waals surface area contributed by atoms with Crippen LogP contribution in [0.4, 0.5) is 0 Å². The lowest BCUT2D eigenvalue weighted by Crippen LogP contribution is -2.13. The molecular formula is C40H56O8S4. The van der Waals surface area contributed by atoms with Crippen LogP contribution in [0.25, 0.3) is 0 Å². The molecule has 0 aromatic heterocycles. The fourth-order valence-corrected chi connectivity index (χ4v) is 9.44. The largest absolute Gasteiger partial charge is 0.491 e. The molecule has 8 nitrogen and oxygen atoms in total. The van der Waals surface area contributed by atoms with Gasteiger partial charge in [0, 0.05) is 9.81 Å². The second-order valence-electron chi connectivity index (χ2n) is 14.0. The number of thioether (sulfide) groups is 4. The summed E-state index contributed by atoms with van der Waals surface area (Å²) in [6, 6.07) is 16.5. The minimum atomic E-state index is 0.140. The summed E-state index contributed by atoms with van der Waals surface area (Å²) in [6.07, 6.45) is 0. The van der Waals surface area contributed by atoms with Gasteiger partial charge in [-0.2, -0.15) is 0 Å². The first-order valence-electron chi connectivity index (χ1n) is 17.8. The fourth-order valence-electron chi connectivity index (χ4n) is 4.64. The quantitative estimate of drug-likeness (QED) is 0.0951. The Kier molecular flexibility index (Phi) is 19.4. The van der Waals surface area contributed by atoms with Crippen molar-refractivity contribution in [1.82, 2.24) is 0 Å². The summed E-state index contributed by atoms with van der Waals surface area (Å²) in [5.74, 6) is 1.73. The van der Waals surface area contributed by atoms with Gasteiger partial charge in [-0.1, -0.05) is 113 Å². The molecule has 0 radical (unpaired) electrons. The lowest BCUT2D eigenvalue weighted by molar-refractivity contribution is 0.0133. The Morgan fingerprint density at radius 3 is 1.04 bits per heavy atom. The van der Waals surface area contributed by atoms with E-state index >= 15 is 0 Å². The van der Waals surface area contributed by atoms with Crippen LogP contribution in [-0.4, -0.2) is 92.5 Å². The standard InChI is InChI=1S/C40H56O8S4/c1-39(2,3)31-7-11-33(12-8-31)47-25-23-43-17-15-41-19-21-45-27-35-29-49-37(51-35)38-50-30-36(52-38)28-46-22-20-42-16-18-44-24-26-48-34-13-9-32(10-14-34)40(4,5)6/h7-14,29-30H,15-28H2,1-6H3/b38-37+. The molecule has 2 aromatic rings. The van der Waals surface area contributed by atoms with Crippen molar-refractivity contribution < 1.29 is 37.9 Å². The average molecular weight is 793 g/mol. The van der Waals surface area contributed by atoms with Crippen LogP contribution < -0.4 is 9.47 Å². The van der Waals surface area contributed by atoms with Crippen molar-refractivity contribution in [2.24, 2.45) is 0 Å². The molecule has 0 bridgehead atoms. The van der Waals surface area contributed by atoms with E-state index in [0.717, 1.165) is 11.5 Å². The molecule has 0 saturated heterocycles. The van der Waals surface area contributed by atoms with Gasteiger partial charge in [0.05, 0.1) is 87.8 Å². The smallest absolute Gasteiger partial charge is 0.119 e. The number of rotatable bonds is 24. The average Bonchev–Trinajstić information content (AvgIpc) is 3.79. The highest BCUT2D eigenvalue weighted by Crippen LogP contribution is 2.55. The van der Waals surface area contributed by atoms with Gasteiger partial charge in [-0.25, -0.2) is 0 Å².